The van der Waals surface area contributed by atoms with Crippen LogP contribution >= 0.6 is 0 Å². The van der Waals surface area contributed by atoms with Gasteiger partial charge in [0.1, 0.15) is 0 Å². The first-order chi connectivity index (χ1) is 16.1. The molecule has 0 saturated carbocycles. The summed E-state index contributed by atoms with van der Waals surface area (Å²) in [6.07, 6.45) is 4.81. The van der Waals surface area contributed by atoms with Gasteiger partial charge in [-0.3, -0.25) is 9.59 Å². The van der Waals surface area contributed by atoms with Gasteiger partial charge in [0, 0.05) is 17.8 Å². The Bertz CT molecular complexity index is 1250. The maximum absolute atomic E-state index is 12.3. The molecule has 4 rings (SSSR count). The van der Waals surface area contributed by atoms with Crippen molar-refractivity contribution in [1.82, 2.24) is 0 Å². The number of amides is 2. The lowest BCUT2D eigenvalue weighted by Gasteiger charge is -2.19. The summed E-state index contributed by atoms with van der Waals surface area (Å²) in [6, 6.07) is 19.8. The van der Waals surface area contributed by atoms with Gasteiger partial charge >= 0.3 is 0 Å². The lowest BCUT2D eigenvalue weighted by molar-refractivity contribution is -0.115. The number of anilines is 2. The number of methoxy groups -OCH3 is 2. The predicted molar refractivity (Wildman–Crippen MR) is 127 cm³/mol. The fourth-order valence-corrected chi connectivity index (χ4v) is 3.23. The first-order valence-electron chi connectivity index (χ1n) is 10.2. The Morgan fingerprint density at radius 3 is 2.42 bits per heavy atom. The number of hydrogen-bond donors (Lipinski definition) is 2. The largest absolute Gasteiger partial charge is 0.493 e. The summed E-state index contributed by atoms with van der Waals surface area (Å²) in [5, 5.41) is 5.59. The third-order valence-electron chi connectivity index (χ3n) is 4.89. The fourth-order valence-electron chi connectivity index (χ4n) is 3.23. The summed E-state index contributed by atoms with van der Waals surface area (Å²) in [5.41, 5.74) is 2.87. The minimum Gasteiger partial charge on any atom is -0.493 e. The quantitative estimate of drug-likeness (QED) is 0.539. The summed E-state index contributed by atoms with van der Waals surface area (Å²) in [6.45, 7) is 0. The van der Waals surface area contributed by atoms with E-state index in [1.165, 1.54) is 13.2 Å². The van der Waals surface area contributed by atoms with Crippen molar-refractivity contribution in [2.45, 2.75) is 0 Å². The maximum atomic E-state index is 12.3. The van der Waals surface area contributed by atoms with Crippen LogP contribution < -0.4 is 24.8 Å². The van der Waals surface area contributed by atoms with Crippen molar-refractivity contribution >= 4 is 35.3 Å². The molecule has 1 aliphatic heterocycles. The van der Waals surface area contributed by atoms with Crippen LogP contribution in [0.4, 0.5) is 11.4 Å². The molecular weight excluding hydrogens is 420 g/mol. The Kier molecular flexibility index (Phi) is 6.40. The highest BCUT2D eigenvalue weighted by Crippen LogP contribution is 2.31. The number of hydrogen-bond acceptors (Lipinski definition) is 5. The Labute approximate surface area is 191 Å². The Hall–Kier alpha value is -4.52. The van der Waals surface area contributed by atoms with Crippen LogP contribution in [0.2, 0.25) is 0 Å². The number of benzene rings is 3. The second kappa shape index (κ2) is 9.74. The molecule has 0 bridgehead atoms. The predicted octanol–water partition coefficient (Wildman–Crippen LogP) is 4.73. The van der Waals surface area contributed by atoms with Gasteiger partial charge in [-0.05, 0) is 47.5 Å². The summed E-state index contributed by atoms with van der Waals surface area (Å²) < 4.78 is 16.1. The van der Waals surface area contributed by atoms with Crippen LogP contribution in [0.3, 0.4) is 0 Å². The van der Waals surface area contributed by atoms with Crippen molar-refractivity contribution in [3.63, 3.8) is 0 Å². The van der Waals surface area contributed by atoms with Gasteiger partial charge in [0.25, 0.3) is 5.91 Å². The lowest BCUT2D eigenvalue weighted by Crippen LogP contribution is -2.23. The van der Waals surface area contributed by atoms with Crippen LogP contribution in [0.5, 0.6) is 17.2 Å². The van der Waals surface area contributed by atoms with E-state index in [0.717, 1.165) is 11.1 Å². The van der Waals surface area contributed by atoms with Crippen molar-refractivity contribution in [2.24, 2.45) is 0 Å². The van der Waals surface area contributed by atoms with E-state index >= 15 is 0 Å². The molecule has 0 fully saturated rings. The molecule has 0 saturated heterocycles. The highest BCUT2D eigenvalue weighted by atomic mass is 16.5. The summed E-state index contributed by atoms with van der Waals surface area (Å²) in [7, 11) is 3.09. The van der Waals surface area contributed by atoms with Gasteiger partial charge in [-0.1, -0.05) is 36.4 Å². The number of nitrogens with one attached hydrogen (secondary N) is 2. The first-order valence-corrected chi connectivity index (χ1v) is 10.2. The molecule has 7 nitrogen and oxygen atoms in total. The zero-order valence-electron chi connectivity index (χ0n) is 18.1. The third kappa shape index (κ3) is 5.22. The second-order valence-electron chi connectivity index (χ2n) is 7.12. The van der Waals surface area contributed by atoms with E-state index in [2.05, 4.69) is 10.6 Å². The zero-order chi connectivity index (χ0) is 23.2. The van der Waals surface area contributed by atoms with Crippen LogP contribution in [0.15, 0.2) is 78.6 Å². The number of carbonyl (C=O) groups excluding carboxylic acids is 2. The summed E-state index contributed by atoms with van der Waals surface area (Å²) in [5.74, 6) is 1.35. The fraction of sp³-hybridized carbons (Fsp3) is 0.0769. The molecule has 0 radical (unpaired) electrons. The molecule has 3 aromatic carbocycles. The number of fused-ring (bicyclic) bond motifs is 1. The molecule has 1 heterocycles. The lowest BCUT2D eigenvalue weighted by atomic mass is 10.1. The molecule has 0 spiro atoms. The molecule has 2 amide bonds. The van der Waals surface area contributed by atoms with Gasteiger partial charge in [-0.25, -0.2) is 0 Å². The van der Waals surface area contributed by atoms with E-state index in [1.54, 1.807) is 49.6 Å². The molecule has 33 heavy (non-hydrogen) atoms. The van der Waals surface area contributed by atoms with Gasteiger partial charge in [0.05, 0.1) is 19.9 Å². The van der Waals surface area contributed by atoms with Crippen molar-refractivity contribution in [2.75, 3.05) is 24.9 Å². The Morgan fingerprint density at radius 1 is 0.939 bits per heavy atom. The van der Waals surface area contributed by atoms with Crippen LogP contribution in [0.1, 0.15) is 11.1 Å². The second-order valence-corrected chi connectivity index (χ2v) is 7.12. The van der Waals surface area contributed by atoms with Crippen molar-refractivity contribution in [3.05, 3.63) is 89.7 Å². The smallest absolute Gasteiger partial charge is 0.291 e. The normalized spacial score (nSPS) is 13.8. The van der Waals surface area contributed by atoms with E-state index < -0.39 is 0 Å². The van der Waals surface area contributed by atoms with Gasteiger partial charge in [0.2, 0.25) is 5.91 Å². The van der Waals surface area contributed by atoms with E-state index in [9.17, 15) is 9.59 Å². The van der Waals surface area contributed by atoms with Crippen LogP contribution in [0.25, 0.3) is 12.2 Å². The Balaban J connectivity index is 1.40. The minimum atomic E-state index is -0.301. The molecule has 0 aliphatic carbocycles. The average Bonchev–Trinajstić information content (AvgIpc) is 2.84. The standard InChI is InChI=1S/C26H22N2O5/c1-31-22-13-12-19(16-23(22)32-2)27-25(29)14-11-17-7-9-18(10-8-17)15-24-26(30)28-20-5-3-4-6-21(20)33-24/h3-16H,1-2H3,(H,27,29)(H,28,30)/b14-11+,24-15-. The van der Waals surface area contributed by atoms with E-state index in [4.69, 9.17) is 14.2 Å². The highest BCUT2D eigenvalue weighted by molar-refractivity contribution is 6.08. The van der Waals surface area contributed by atoms with Crippen LogP contribution in [0, 0.1) is 0 Å². The summed E-state index contributed by atoms with van der Waals surface area (Å²) in [4.78, 5) is 24.5. The zero-order valence-corrected chi connectivity index (χ0v) is 18.1. The molecule has 0 unspecified atom stereocenters. The van der Waals surface area contributed by atoms with E-state index in [1.807, 2.05) is 36.4 Å². The number of carbonyl (C=O) groups is 2. The molecule has 7 heteroatoms. The number of rotatable bonds is 6. The number of ether oxygens (including phenoxy) is 3. The highest BCUT2D eigenvalue weighted by Gasteiger charge is 2.21. The van der Waals surface area contributed by atoms with Gasteiger partial charge in [-0.15, -0.1) is 0 Å². The van der Waals surface area contributed by atoms with E-state index in [-0.39, 0.29) is 17.6 Å². The molecule has 2 N–H and O–H groups in total. The SMILES string of the molecule is COc1ccc(NC(=O)/C=C/c2ccc(/C=C3\Oc4ccccc4NC3=O)cc2)cc1OC. The maximum Gasteiger partial charge on any atom is 0.291 e. The van der Waals surface area contributed by atoms with Gasteiger partial charge in [-0.2, -0.15) is 0 Å². The number of para-hydroxylation sites is 2. The Morgan fingerprint density at radius 2 is 1.67 bits per heavy atom. The molecule has 0 atom stereocenters. The summed E-state index contributed by atoms with van der Waals surface area (Å²) >= 11 is 0. The van der Waals surface area contributed by atoms with Crippen LogP contribution in [-0.4, -0.2) is 26.0 Å². The van der Waals surface area contributed by atoms with Crippen molar-refractivity contribution < 1.29 is 23.8 Å². The van der Waals surface area contributed by atoms with Gasteiger partial charge in [0.15, 0.2) is 23.0 Å². The third-order valence-corrected chi connectivity index (χ3v) is 4.89. The first kappa shape index (κ1) is 21.7. The monoisotopic (exact) mass is 442 g/mol. The van der Waals surface area contributed by atoms with Crippen LogP contribution in [-0.2, 0) is 9.59 Å². The molecule has 166 valence electrons. The minimum absolute atomic E-state index is 0.214. The van der Waals surface area contributed by atoms with Crippen molar-refractivity contribution in [3.8, 4) is 17.2 Å². The topological polar surface area (TPSA) is 85.9 Å². The van der Waals surface area contributed by atoms with E-state index in [0.29, 0.717) is 28.6 Å². The van der Waals surface area contributed by atoms with Gasteiger partial charge < -0.3 is 24.8 Å². The molecular formula is C26H22N2O5. The average molecular weight is 442 g/mol. The molecule has 0 aromatic heterocycles. The molecule has 1 aliphatic rings. The molecule has 3 aromatic rings. The van der Waals surface area contributed by atoms with Crippen molar-refractivity contribution in [1.29, 1.82) is 0 Å².